The zero-order chi connectivity index (χ0) is 19.8. The molecule has 1 unspecified atom stereocenters. The smallest absolute Gasteiger partial charge is 0.189 e. The number of rotatable bonds is 2. The fourth-order valence-electron chi connectivity index (χ4n) is 4.23. The SMILES string of the molecule is CCN1CC=C2C(C#N)C(=N)C(C#N)(C#N)[C@H](c3cccc(Cl)c3Cl)[C@H]2C1. The Hall–Kier alpha value is -2.36. The zero-order valence-corrected chi connectivity index (χ0v) is 16.2. The molecule has 0 amide bonds. The summed E-state index contributed by atoms with van der Waals surface area (Å²) in [4.78, 5) is 2.18. The predicted octanol–water partition coefficient (Wildman–Crippen LogP) is 4.16. The Morgan fingerprint density at radius 2 is 1.96 bits per heavy atom. The minimum Gasteiger partial charge on any atom is -0.305 e. The molecule has 1 heterocycles. The molecule has 27 heavy (non-hydrogen) atoms. The molecule has 7 heteroatoms. The minimum absolute atomic E-state index is 0.177. The lowest BCUT2D eigenvalue weighted by atomic mass is 9.54. The van der Waals surface area contributed by atoms with Crippen molar-refractivity contribution >= 4 is 28.9 Å². The van der Waals surface area contributed by atoms with E-state index < -0.39 is 17.3 Å². The first-order valence-corrected chi connectivity index (χ1v) is 9.38. The monoisotopic (exact) mass is 397 g/mol. The van der Waals surface area contributed by atoms with Gasteiger partial charge in [0.25, 0.3) is 0 Å². The largest absolute Gasteiger partial charge is 0.305 e. The molecule has 1 aromatic rings. The quantitative estimate of drug-likeness (QED) is 0.756. The first kappa shape index (κ1) is 19.4. The average Bonchev–Trinajstić information content (AvgIpc) is 2.69. The maximum atomic E-state index is 10.00. The van der Waals surface area contributed by atoms with E-state index in [4.69, 9.17) is 28.6 Å². The highest BCUT2D eigenvalue weighted by molar-refractivity contribution is 6.42. The molecule has 0 saturated heterocycles. The number of nitriles is 3. The van der Waals surface area contributed by atoms with E-state index >= 15 is 0 Å². The van der Waals surface area contributed by atoms with Crippen LogP contribution in [0.1, 0.15) is 18.4 Å². The van der Waals surface area contributed by atoms with Crippen LogP contribution in [0.2, 0.25) is 10.0 Å². The second-order valence-electron chi connectivity index (χ2n) is 6.79. The van der Waals surface area contributed by atoms with Crippen LogP contribution in [0.3, 0.4) is 0 Å². The maximum absolute atomic E-state index is 10.00. The second kappa shape index (κ2) is 7.34. The first-order chi connectivity index (χ1) is 12.9. The second-order valence-corrected chi connectivity index (χ2v) is 7.58. The molecular weight excluding hydrogens is 381 g/mol. The predicted molar refractivity (Wildman–Crippen MR) is 103 cm³/mol. The van der Waals surface area contributed by atoms with Crippen molar-refractivity contribution in [3.8, 4) is 18.2 Å². The molecule has 1 aliphatic heterocycles. The van der Waals surface area contributed by atoms with E-state index in [-0.39, 0.29) is 16.7 Å². The highest BCUT2D eigenvalue weighted by atomic mass is 35.5. The Balaban J connectivity index is 2.31. The third-order valence-electron chi connectivity index (χ3n) is 5.63. The van der Waals surface area contributed by atoms with Crippen molar-refractivity contribution in [2.45, 2.75) is 12.8 Å². The number of fused-ring (bicyclic) bond motifs is 1. The third-order valence-corrected chi connectivity index (χ3v) is 6.46. The summed E-state index contributed by atoms with van der Waals surface area (Å²) in [6.07, 6.45) is 1.96. The van der Waals surface area contributed by atoms with Gasteiger partial charge in [0.2, 0.25) is 0 Å². The normalized spacial score (nSPS) is 26.9. The van der Waals surface area contributed by atoms with Gasteiger partial charge in [-0.05, 0) is 23.7 Å². The Bertz CT molecular complexity index is 933. The summed E-state index contributed by atoms with van der Waals surface area (Å²) in [5.74, 6) is -1.81. The summed E-state index contributed by atoms with van der Waals surface area (Å²) in [5.41, 5.74) is -0.576. The summed E-state index contributed by atoms with van der Waals surface area (Å²) < 4.78 is 0. The van der Waals surface area contributed by atoms with E-state index in [2.05, 4.69) is 23.1 Å². The number of halogens is 2. The van der Waals surface area contributed by atoms with Gasteiger partial charge in [0, 0.05) is 24.9 Å². The molecule has 0 aromatic heterocycles. The summed E-state index contributed by atoms with van der Waals surface area (Å²) in [6.45, 7) is 4.11. The molecule has 1 saturated carbocycles. The molecule has 3 atom stereocenters. The van der Waals surface area contributed by atoms with E-state index in [1.54, 1.807) is 18.2 Å². The van der Waals surface area contributed by atoms with Crippen molar-refractivity contribution in [1.82, 2.24) is 4.90 Å². The van der Waals surface area contributed by atoms with Gasteiger partial charge in [0.1, 0.15) is 5.92 Å². The van der Waals surface area contributed by atoms with Gasteiger partial charge >= 0.3 is 0 Å². The van der Waals surface area contributed by atoms with Crippen molar-refractivity contribution in [2.75, 3.05) is 19.6 Å². The molecule has 1 N–H and O–H groups in total. The Kier molecular flexibility index (Phi) is 5.27. The molecule has 0 spiro atoms. The van der Waals surface area contributed by atoms with Gasteiger partial charge in [-0.15, -0.1) is 0 Å². The van der Waals surface area contributed by atoms with E-state index in [9.17, 15) is 15.8 Å². The van der Waals surface area contributed by atoms with Crippen LogP contribution in [0.4, 0.5) is 0 Å². The van der Waals surface area contributed by atoms with Crippen LogP contribution >= 0.6 is 23.2 Å². The Morgan fingerprint density at radius 1 is 1.26 bits per heavy atom. The van der Waals surface area contributed by atoms with Crippen LogP contribution in [0, 0.1) is 56.7 Å². The van der Waals surface area contributed by atoms with E-state index in [0.717, 1.165) is 12.1 Å². The van der Waals surface area contributed by atoms with Gasteiger partial charge in [-0.1, -0.05) is 48.3 Å². The van der Waals surface area contributed by atoms with Crippen molar-refractivity contribution in [1.29, 1.82) is 21.2 Å². The Morgan fingerprint density at radius 3 is 2.56 bits per heavy atom. The molecule has 3 rings (SSSR count). The number of hydrogen-bond acceptors (Lipinski definition) is 5. The highest BCUT2D eigenvalue weighted by Crippen LogP contribution is 2.55. The minimum atomic E-state index is -1.77. The number of hydrogen-bond donors (Lipinski definition) is 1. The summed E-state index contributed by atoms with van der Waals surface area (Å²) >= 11 is 12.7. The average molecular weight is 398 g/mol. The van der Waals surface area contributed by atoms with Crippen LogP contribution in [-0.4, -0.2) is 30.2 Å². The lowest BCUT2D eigenvalue weighted by molar-refractivity contribution is 0.212. The van der Waals surface area contributed by atoms with Gasteiger partial charge in [0.15, 0.2) is 5.41 Å². The summed E-state index contributed by atoms with van der Waals surface area (Å²) in [7, 11) is 0. The van der Waals surface area contributed by atoms with Crippen molar-refractivity contribution in [3.63, 3.8) is 0 Å². The molecule has 5 nitrogen and oxygen atoms in total. The molecule has 136 valence electrons. The van der Waals surface area contributed by atoms with Gasteiger partial charge in [0.05, 0.1) is 34.0 Å². The van der Waals surface area contributed by atoms with Gasteiger partial charge in [-0.25, -0.2) is 0 Å². The first-order valence-electron chi connectivity index (χ1n) is 8.62. The lowest BCUT2D eigenvalue weighted by Crippen LogP contribution is -2.52. The number of nitrogens with zero attached hydrogens (tertiary/aromatic N) is 4. The van der Waals surface area contributed by atoms with Crippen LogP contribution < -0.4 is 0 Å². The van der Waals surface area contributed by atoms with Crippen molar-refractivity contribution in [3.05, 3.63) is 45.5 Å². The molecule has 2 aliphatic rings. The molecule has 1 aliphatic carbocycles. The van der Waals surface area contributed by atoms with Gasteiger partial charge in [-0.3, -0.25) is 4.90 Å². The molecule has 0 bridgehead atoms. The van der Waals surface area contributed by atoms with Crippen LogP contribution in [-0.2, 0) is 0 Å². The van der Waals surface area contributed by atoms with Gasteiger partial charge < -0.3 is 5.41 Å². The van der Waals surface area contributed by atoms with E-state index in [1.165, 1.54) is 0 Å². The molecule has 0 radical (unpaired) electrons. The summed E-state index contributed by atoms with van der Waals surface area (Å²) in [5, 5.41) is 38.9. The fraction of sp³-hybridized carbons (Fsp3) is 0.400. The maximum Gasteiger partial charge on any atom is 0.189 e. The summed E-state index contributed by atoms with van der Waals surface area (Å²) in [6, 6.07) is 11.4. The number of nitrogens with one attached hydrogen (secondary N) is 1. The standard InChI is InChI=1S/C20H17Cl2N5/c1-2-27-7-6-12-14(8-23)19(26)20(10-24,11-25)17(15(12)9-27)13-4-3-5-16(21)18(13)22/h3-6,14-15,17,26H,2,7,9H2,1H3/t14?,15-,17+/m0/s1. The topological polar surface area (TPSA) is 98.5 Å². The molecule has 1 fully saturated rings. The van der Waals surface area contributed by atoms with Crippen molar-refractivity contribution < 1.29 is 0 Å². The molecule has 1 aromatic carbocycles. The lowest BCUT2D eigenvalue weighted by Gasteiger charge is -2.47. The number of benzene rings is 1. The van der Waals surface area contributed by atoms with E-state index in [0.29, 0.717) is 23.7 Å². The van der Waals surface area contributed by atoms with E-state index in [1.807, 2.05) is 13.0 Å². The molecular formula is C20H17Cl2N5. The third kappa shape index (κ3) is 2.82. The fourth-order valence-corrected chi connectivity index (χ4v) is 4.66. The van der Waals surface area contributed by atoms with Crippen molar-refractivity contribution in [2.24, 2.45) is 17.3 Å². The zero-order valence-electron chi connectivity index (χ0n) is 14.7. The Labute approximate surface area is 168 Å². The van der Waals surface area contributed by atoms with Crippen LogP contribution in [0.25, 0.3) is 0 Å². The van der Waals surface area contributed by atoms with Gasteiger partial charge in [-0.2, -0.15) is 15.8 Å². The van der Waals surface area contributed by atoms with Crippen LogP contribution in [0.5, 0.6) is 0 Å². The highest BCUT2D eigenvalue weighted by Gasteiger charge is 2.58. The van der Waals surface area contributed by atoms with Crippen LogP contribution in [0.15, 0.2) is 29.8 Å². The number of likely N-dealkylation sites (N-methyl/N-ethyl adjacent to an activating group) is 1.